The lowest BCUT2D eigenvalue weighted by atomic mass is 9.67. The van der Waals surface area contributed by atoms with Crippen LogP contribution in [0.15, 0.2) is 30.5 Å². The zero-order valence-electron chi connectivity index (χ0n) is 16.8. The van der Waals surface area contributed by atoms with Crippen molar-refractivity contribution in [3.8, 4) is 5.75 Å². The van der Waals surface area contributed by atoms with Gasteiger partial charge in [-0.1, -0.05) is 25.5 Å². The third-order valence-electron chi connectivity index (χ3n) is 6.73. The Labute approximate surface area is 167 Å². The molecule has 1 saturated carbocycles. The normalized spacial score (nSPS) is 33.6. The van der Waals surface area contributed by atoms with Gasteiger partial charge in [-0.2, -0.15) is 0 Å². The third-order valence-corrected chi connectivity index (χ3v) is 6.73. The van der Waals surface area contributed by atoms with Gasteiger partial charge in [0, 0.05) is 12.5 Å². The fourth-order valence-electron chi connectivity index (χ4n) is 5.14. The molecule has 1 saturated heterocycles. The van der Waals surface area contributed by atoms with Crippen LogP contribution in [0.25, 0.3) is 5.57 Å². The summed E-state index contributed by atoms with van der Waals surface area (Å²) in [5, 5.41) is 10.8. The highest BCUT2D eigenvalue weighted by molar-refractivity contribution is 6.22. The molecule has 0 amide bonds. The number of methoxy groups -OCH3 is 1. The van der Waals surface area contributed by atoms with Gasteiger partial charge in [0.2, 0.25) is 0 Å². The van der Waals surface area contributed by atoms with E-state index in [0.29, 0.717) is 12.0 Å². The molecule has 1 aromatic rings. The molecule has 2 aliphatic heterocycles. The van der Waals surface area contributed by atoms with Gasteiger partial charge >= 0.3 is 0 Å². The van der Waals surface area contributed by atoms with E-state index in [2.05, 4.69) is 11.8 Å². The summed E-state index contributed by atoms with van der Waals surface area (Å²) in [7, 11) is 1.63. The minimum atomic E-state index is -0.415. The summed E-state index contributed by atoms with van der Waals surface area (Å²) in [6.07, 6.45) is 5.35. The molecule has 5 atom stereocenters. The predicted molar refractivity (Wildman–Crippen MR) is 108 cm³/mol. The molecule has 28 heavy (non-hydrogen) atoms. The van der Waals surface area contributed by atoms with Crippen LogP contribution in [0, 0.1) is 17.8 Å². The van der Waals surface area contributed by atoms with Crippen molar-refractivity contribution in [1.82, 2.24) is 4.90 Å². The maximum atomic E-state index is 13.4. The summed E-state index contributed by atoms with van der Waals surface area (Å²) >= 11 is 0. The number of carbonyl (C=O) groups excluding carboxylic acids is 1. The lowest BCUT2D eigenvalue weighted by Gasteiger charge is -2.47. The van der Waals surface area contributed by atoms with Crippen LogP contribution in [0.2, 0.25) is 0 Å². The van der Waals surface area contributed by atoms with Crippen LogP contribution in [0.1, 0.15) is 38.2 Å². The number of rotatable bonds is 4. The van der Waals surface area contributed by atoms with Crippen molar-refractivity contribution in [2.45, 2.75) is 44.8 Å². The Kier molecular flexibility index (Phi) is 5.74. The van der Waals surface area contributed by atoms with Crippen LogP contribution in [-0.4, -0.2) is 54.7 Å². The number of benzene rings is 1. The van der Waals surface area contributed by atoms with Crippen molar-refractivity contribution in [2.75, 3.05) is 26.7 Å². The van der Waals surface area contributed by atoms with Crippen molar-refractivity contribution < 1.29 is 19.4 Å². The van der Waals surface area contributed by atoms with E-state index in [1.807, 2.05) is 24.3 Å². The first kappa shape index (κ1) is 19.5. The van der Waals surface area contributed by atoms with Gasteiger partial charge in [-0.15, -0.1) is 0 Å². The summed E-state index contributed by atoms with van der Waals surface area (Å²) in [6, 6.07) is 7.53. The van der Waals surface area contributed by atoms with E-state index < -0.39 is 6.10 Å². The maximum absolute atomic E-state index is 13.4. The molecule has 5 heteroatoms. The molecule has 5 unspecified atom stereocenters. The molecule has 1 aromatic carbocycles. The molecule has 0 aromatic heterocycles. The Balaban J connectivity index is 1.57. The average molecular weight is 386 g/mol. The van der Waals surface area contributed by atoms with Crippen molar-refractivity contribution >= 4 is 11.4 Å². The predicted octanol–water partition coefficient (Wildman–Crippen LogP) is 3.12. The number of aliphatic hydroxyl groups excluding tert-OH is 1. The molecule has 5 nitrogen and oxygen atoms in total. The zero-order valence-corrected chi connectivity index (χ0v) is 16.8. The number of fused-ring (bicyclic) bond motifs is 1. The molecule has 2 fully saturated rings. The number of likely N-dealkylation sites (tertiary alicyclic amines) is 1. The minimum Gasteiger partial charge on any atom is -0.497 e. The summed E-state index contributed by atoms with van der Waals surface area (Å²) < 4.78 is 11.4. The second-order valence-corrected chi connectivity index (χ2v) is 8.56. The third kappa shape index (κ3) is 3.70. The van der Waals surface area contributed by atoms with Crippen LogP contribution in [0.5, 0.6) is 5.75 Å². The Bertz CT molecular complexity index is 723. The van der Waals surface area contributed by atoms with E-state index >= 15 is 0 Å². The highest BCUT2D eigenvalue weighted by atomic mass is 16.5. The molecule has 0 radical (unpaired) electrons. The van der Waals surface area contributed by atoms with Crippen LogP contribution in [0.4, 0.5) is 0 Å². The summed E-state index contributed by atoms with van der Waals surface area (Å²) in [5.74, 6) is 0.802. The fraction of sp³-hybridized carbons (Fsp3) is 0.609. The Morgan fingerprint density at radius 1 is 1.18 bits per heavy atom. The highest BCUT2D eigenvalue weighted by Gasteiger charge is 2.49. The second kappa shape index (κ2) is 8.26. The Morgan fingerprint density at radius 2 is 1.89 bits per heavy atom. The zero-order chi connectivity index (χ0) is 19.7. The van der Waals surface area contributed by atoms with E-state index in [9.17, 15) is 9.90 Å². The number of ketones is 1. The monoisotopic (exact) mass is 385 g/mol. The Morgan fingerprint density at radius 3 is 2.57 bits per heavy atom. The lowest BCUT2D eigenvalue weighted by Crippen LogP contribution is -2.55. The van der Waals surface area contributed by atoms with Crippen LogP contribution in [-0.2, 0) is 9.53 Å². The molecule has 2 heterocycles. The molecule has 152 valence electrons. The number of nitrogens with zero attached hydrogens (tertiary/aromatic N) is 1. The molecule has 3 aliphatic rings. The van der Waals surface area contributed by atoms with Crippen molar-refractivity contribution in [3.63, 3.8) is 0 Å². The first-order valence-corrected chi connectivity index (χ1v) is 10.5. The number of Topliss-reactive ketones (excluding diaryl/α,β-unsaturated/α-hetero) is 1. The summed E-state index contributed by atoms with van der Waals surface area (Å²) in [6.45, 7) is 5.04. The molecular weight excluding hydrogens is 354 g/mol. The number of hydrogen-bond acceptors (Lipinski definition) is 5. The largest absolute Gasteiger partial charge is 0.497 e. The first-order chi connectivity index (χ1) is 13.6. The summed E-state index contributed by atoms with van der Waals surface area (Å²) in [5.41, 5.74) is 1.49. The first-order valence-electron chi connectivity index (χ1n) is 10.5. The van der Waals surface area contributed by atoms with E-state index in [1.165, 1.54) is 19.3 Å². The maximum Gasteiger partial charge on any atom is 0.173 e. The molecule has 0 bridgehead atoms. The Hall–Kier alpha value is -1.85. The number of hydrogen-bond donors (Lipinski definition) is 1. The van der Waals surface area contributed by atoms with Gasteiger partial charge in [0.05, 0.1) is 31.0 Å². The van der Waals surface area contributed by atoms with Gasteiger partial charge in [-0.3, -0.25) is 4.79 Å². The van der Waals surface area contributed by atoms with E-state index in [4.69, 9.17) is 9.47 Å². The van der Waals surface area contributed by atoms with E-state index in [0.717, 1.165) is 30.9 Å². The van der Waals surface area contributed by atoms with Gasteiger partial charge in [-0.25, -0.2) is 0 Å². The lowest BCUT2D eigenvalue weighted by molar-refractivity contribution is -0.140. The quantitative estimate of drug-likeness (QED) is 0.863. The SMILES string of the molecule is COc1ccc(C2=COC3C(CN4CCCCC4)C(O)CC(C)C3C2=O)cc1. The smallest absolute Gasteiger partial charge is 0.173 e. The molecule has 1 aliphatic carbocycles. The molecule has 4 rings (SSSR count). The number of ether oxygens (including phenoxy) is 2. The number of aliphatic hydroxyl groups is 1. The van der Waals surface area contributed by atoms with E-state index in [1.54, 1.807) is 13.4 Å². The van der Waals surface area contributed by atoms with Crippen molar-refractivity contribution in [1.29, 1.82) is 0 Å². The van der Waals surface area contributed by atoms with Crippen LogP contribution < -0.4 is 4.74 Å². The van der Waals surface area contributed by atoms with Gasteiger partial charge in [0.1, 0.15) is 11.9 Å². The van der Waals surface area contributed by atoms with E-state index in [-0.39, 0.29) is 29.6 Å². The topological polar surface area (TPSA) is 59.0 Å². The standard InChI is InChI=1S/C23H31NO4/c1-15-12-20(25)18(13-24-10-4-3-5-11-24)23-21(15)22(26)19(14-28-23)16-6-8-17(27-2)9-7-16/h6-9,14-15,18,20-21,23,25H,3-5,10-13H2,1-2H3. The van der Waals surface area contributed by atoms with Crippen LogP contribution in [0.3, 0.4) is 0 Å². The summed E-state index contributed by atoms with van der Waals surface area (Å²) in [4.78, 5) is 15.8. The van der Waals surface area contributed by atoms with Gasteiger partial charge in [0.25, 0.3) is 0 Å². The van der Waals surface area contributed by atoms with Gasteiger partial charge in [-0.05, 0) is 56.0 Å². The fourth-order valence-corrected chi connectivity index (χ4v) is 5.14. The van der Waals surface area contributed by atoms with Crippen LogP contribution >= 0.6 is 0 Å². The van der Waals surface area contributed by atoms with Crippen molar-refractivity contribution in [3.05, 3.63) is 36.1 Å². The number of piperidine rings is 1. The number of allylic oxidation sites excluding steroid dienone is 1. The highest BCUT2D eigenvalue weighted by Crippen LogP contribution is 2.43. The van der Waals surface area contributed by atoms with Gasteiger partial charge in [0.15, 0.2) is 5.78 Å². The average Bonchev–Trinajstić information content (AvgIpc) is 2.72. The molecule has 1 N–H and O–H groups in total. The second-order valence-electron chi connectivity index (χ2n) is 8.56. The van der Waals surface area contributed by atoms with Gasteiger partial charge < -0.3 is 19.5 Å². The number of carbonyl (C=O) groups is 1. The minimum absolute atomic E-state index is 0.0167. The van der Waals surface area contributed by atoms with Crippen molar-refractivity contribution in [2.24, 2.45) is 17.8 Å². The molecule has 0 spiro atoms. The molecular formula is C23H31NO4.